The molecular weight excluding hydrogens is 352 g/mol. The van der Waals surface area contributed by atoms with Crippen LogP contribution in [0.15, 0.2) is 30.5 Å². The first-order valence-electron chi connectivity index (χ1n) is 8.47. The summed E-state index contributed by atoms with van der Waals surface area (Å²) in [5.74, 6) is -0.796. The molecule has 134 valence electrons. The molecule has 1 aromatic heterocycles. The summed E-state index contributed by atoms with van der Waals surface area (Å²) < 4.78 is 0. The summed E-state index contributed by atoms with van der Waals surface area (Å²) in [6.45, 7) is 4.03. The molecule has 0 radical (unpaired) electrons. The van der Waals surface area contributed by atoms with E-state index in [4.69, 9.17) is 0 Å². The smallest absolute Gasteiger partial charge is 0.273 e. The summed E-state index contributed by atoms with van der Waals surface area (Å²) in [4.78, 5) is 47.2. The maximum atomic E-state index is 13.3. The third-order valence-electron chi connectivity index (χ3n) is 4.90. The molecule has 0 spiro atoms. The fourth-order valence-corrected chi connectivity index (χ4v) is 4.48. The molecular formula is C18H18N4O3S. The number of amides is 3. The standard InChI is InChI=1S/C18H18N4O3S/c1-3-21-15(24)12-6-4-5-7-13(12)22-14(23)8-9-18(21,22)16(25)20-17-19-10-11(2)26-17/h4-7,10H,3,8-9H2,1-2H3,(H,19,20,25). The van der Waals surface area contributed by atoms with E-state index in [0.29, 0.717) is 22.9 Å². The summed E-state index contributed by atoms with van der Waals surface area (Å²) in [7, 11) is 0. The number of nitrogens with zero attached hydrogens (tertiary/aromatic N) is 3. The average molecular weight is 370 g/mol. The minimum atomic E-state index is -1.35. The molecule has 1 saturated heterocycles. The number of anilines is 2. The Hall–Kier alpha value is -2.74. The average Bonchev–Trinajstić information content (AvgIpc) is 3.19. The lowest BCUT2D eigenvalue weighted by molar-refractivity contribution is -0.128. The second kappa shape index (κ2) is 5.91. The second-order valence-electron chi connectivity index (χ2n) is 6.34. The highest BCUT2D eigenvalue weighted by molar-refractivity contribution is 7.15. The highest BCUT2D eigenvalue weighted by atomic mass is 32.1. The normalized spacial score (nSPS) is 21.6. The van der Waals surface area contributed by atoms with E-state index < -0.39 is 11.6 Å². The summed E-state index contributed by atoms with van der Waals surface area (Å²) >= 11 is 1.36. The van der Waals surface area contributed by atoms with Gasteiger partial charge in [0.1, 0.15) is 0 Å². The molecule has 3 heterocycles. The second-order valence-corrected chi connectivity index (χ2v) is 7.58. The van der Waals surface area contributed by atoms with E-state index in [2.05, 4.69) is 10.3 Å². The van der Waals surface area contributed by atoms with Crippen molar-refractivity contribution < 1.29 is 14.4 Å². The molecule has 1 atom stereocenters. The van der Waals surface area contributed by atoms with E-state index in [1.54, 1.807) is 30.5 Å². The van der Waals surface area contributed by atoms with Gasteiger partial charge in [0.2, 0.25) is 11.6 Å². The number of aromatic nitrogens is 1. The number of likely N-dealkylation sites (N-methyl/N-ethyl adjacent to an activating group) is 1. The van der Waals surface area contributed by atoms with Crippen LogP contribution in [-0.4, -0.2) is 39.8 Å². The van der Waals surface area contributed by atoms with Crippen molar-refractivity contribution in [2.24, 2.45) is 0 Å². The Balaban J connectivity index is 1.85. The van der Waals surface area contributed by atoms with Crippen LogP contribution in [0.1, 0.15) is 35.0 Å². The molecule has 4 rings (SSSR count). The van der Waals surface area contributed by atoms with Gasteiger partial charge < -0.3 is 4.90 Å². The van der Waals surface area contributed by atoms with Crippen LogP contribution < -0.4 is 10.2 Å². The number of carbonyl (C=O) groups excluding carboxylic acids is 3. The van der Waals surface area contributed by atoms with Crippen LogP contribution >= 0.6 is 11.3 Å². The third kappa shape index (κ3) is 2.18. The molecule has 1 N–H and O–H groups in total. The van der Waals surface area contributed by atoms with Gasteiger partial charge in [-0.2, -0.15) is 0 Å². The van der Waals surface area contributed by atoms with Gasteiger partial charge in [0.25, 0.3) is 11.8 Å². The van der Waals surface area contributed by atoms with Crippen molar-refractivity contribution in [2.75, 3.05) is 16.8 Å². The highest BCUT2D eigenvalue weighted by Gasteiger charge is 2.60. The lowest BCUT2D eigenvalue weighted by Gasteiger charge is -2.48. The van der Waals surface area contributed by atoms with E-state index in [1.807, 2.05) is 13.8 Å². The van der Waals surface area contributed by atoms with Gasteiger partial charge in [0, 0.05) is 30.5 Å². The Morgan fingerprint density at radius 3 is 2.81 bits per heavy atom. The van der Waals surface area contributed by atoms with Crippen LogP contribution in [0.2, 0.25) is 0 Å². The minimum absolute atomic E-state index is 0.158. The molecule has 2 aromatic rings. The summed E-state index contributed by atoms with van der Waals surface area (Å²) in [6, 6.07) is 6.94. The van der Waals surface area contributed by atoms with Crippen molar-refractivity contribution in [2.45, 2.75) is 32.4 Å². The van der Waals surface area contributed by atoms with Crippen LogP contribution in [0.3, 0.4) is 0 Å². The number of nitrogens with one attached hydrogen (secondary N) is 1. The first-order chi connectivity index (χ1) is 12.5. The molecule has 1 unspecified atom stereocenters. The molecule has 2 aliphatic rings. The van der Waals surface area contributed by atoms with Crippen molar-refractivity contribution in [1.82, 2.24) is 9.88 Å². The van der Waals surface area contributed by atoms with Gasteiger partial charge in [0.05, 0.1) is 11.3 Å². The number of benzene rings is 1. The van der Waals surface area contributed by atoms with E-state index in [9.17, 15) is 14.4 Å². The molecule has 1 aromatic carbocycles. The number of thiazole rings is 1. The minimum Gasteiger partial charge on any atom is -0.307 e. The molecule has 0 aliphatic carbocycles. The number of rotatable bonds is 3. The Morgan fingerprint density at radius 1 is 1.35 bits per heavy atom. The van der Waals surface area contributed by atoms with Crippen LogP contribution in [0.4, 0.5) is 10.8 Å². The lowest BCUT2D eigenvalue weighted by atomic mass is 9.95. The van der Waals surface area contributed by atoms with E-state index in [-0.39, 0.29) is 24.7 Å². The number of hydrogen-bond donors (Lipinski definition) is 1. The zero-order valence-corrected chi connectivity index (χ0v) is 15.3. The van der Waals surface area contributed by atoms with E-state index in [1.165, 1.54) is 21.1 Å². The largest absolute Gasteiger partial charge is 0.307 e. The maximum Gasteiger partial charge on any atom is 0.273 e. The number of hydrogen-bond acceptors (Lipinski definition) is 5. The highest BCUT2D eigenvalue weighted by Crippen LogP contribution is 2.44. The molecule has 7 nitrogen and oxygen atoms in total. The quantitative estimate of drug-likeness (QED) is 0.899. The lowest BCUT2D eigenvalue weighted by Crippen LogP contribution is -2.69. The molecule has 26 heavy (non-hydrogen) atoms. The third-order valence-corrected chi connectivity index (χ3v) is 5.72. The summed E-state index contributed by atoms with van der Waals surface area (Å²) in [6.07, 6.45) is 2.15. The first-order valence-corrected chi connectivity index (χ1v) is 9.28. The zero-order chi connectivity index (χ0) is 18.5. The molecule has 3 amide bonds. The monoisotopic (exact) mass is 370 g/mol. The SMILES string of the molecule is CCN1C(=O)c2ccccc2N2C(=O)CCC12C(=O)Nc1ncc(C)s1. The topological polar surface area (TPSA) is 82.6 Å². The van der Waals surface area contributed by atoms with Crippen LogP contribution in [0, 0.1) is 6.92 Å². The Bertz CT molecular complexity index is 925. The first kappa shape index (κ1) is 16.7. The van der Waals surface area contributed by atoms with Gasteiger partial charge in [-0.25, -0.2) is 4.98 Å². The Kier molecular flexibility index (Phi) is 3.80. The summed E-state index contributed by atoms with van der Waals surface area (Å²) in [5.41, 5.74) is -0.412. The van der Waals surface area contributed by atoms with Gasteiger partial charge in [-0.05, 0) is 26.0 Å². The fourth-order valence-electron chi connectivity index (χ4n) is 3.82. The van der Waals surface area contributed by atoms with Crippen LogP contribution in [0.25, 0.3) is 0 Å². The molecule has 0 saturated carbocycles. The molecule has 2 aliphatic heterocycles. The Morgan fingerprint density at radius 2 is 2.12 bits per heavy atom. The predicted molar refractivity (Wildman–Crippen MR) is 98.1 cm³/mol. The number of carbonyl (C=O) groups is 3. The van der Waals surface area contributed by atoms with Gasteiger partial charge in [-0.15, -0.1) is 11.3 Å². The van der Waals surface area contributed by atoms with E-state index >= 15 is 0 Å². The Labute approximate surface area is 154 Å². The maximum absolute atomic E-state index is 13.3. The fraction of sp³-hybridized carbons (Fsp3) is 0.333. The summed E-state index contributed by atoms with van der Waals surface area (Å²) in [5, 5.41) is 3.27. The van der Waals surface area contributed by atoms with Crippen molar-refractivity contribution in [1.29, 1.82) is 0 Å². The van der Waals surface area contributed by atoms with Crippen molar-refractivity contribution in [3.63, 3.8) is 0 Å². The van der Waals surface area contributed by atoms with Crippen molar-refractivity contribution >= 4 is 39.9 Å². The van der Waals surface area contributed by atoms with Gasteiger partial charge in [-0.1, -0.05) is 12.1 Å². The number of aryl methyl sites for hydroxylation is 1. The van der Waals surface area contributed by atoms with Gasteiger partial charge >= 0.3 is 0 Å². The molecule has 0 bridgehead atoms. The van der Waals surface area contributed by atoms with Gasteiger partial charge in [0.15, 0.2) is 5.13 Å². The number of para-hydroxylation sites is 1. The number of fused-ring (bicyclic) bond motifs is 3. The van der Waals surface area contributed by atoms with Crippen molar-refractivity contribution in [3.8, 4) is 0 Å². The van der Waals surface area contributed by atoms with Crippen LogP contribution in [0.5, 0.6) is 0 Å². The van der Waals surface area contributed by atoms with E-state index in [0.717, 1.165) is 4.88 Å². The van der Waals surface area contributed by atoms with Crippen LogP contribution in [-0.2, 0) is 9.59 Å². The molecule has 8 heteroatoms. The predicted octanol–water partition coefficient (Wildman–Crippen LogP) is 2.39. The molecule has 1 fully saturated rings. The van der Waals surface area contributed by atoms with Crippen molar-refractivity contribution in [3.05, 3.63) is 40.9 Å². The van der Waals surface area contributed by atoms with Gasteiger partial charge in [-0.3, -0.25) is 24.6 Å². The zero-order valence-electron chi connectivity index (χ0n) is 14.5.